The standard InChI is InChI=1S/C23H23FN4O2/c1-15-3-2-4-17(13-15)22(29)25-19-9-11-28(12-10-19)23(30)21-14-20(26-27-21)16-5-7-18(24)8-6-16/h2-8,13-14,19H,9-12H2,1H3,(H,25,29)(H,26,27). The fraction of sp³-hybridized carbons (Fsp3) is 0.261. The van der Waals surface area contributed by atoms with Crippen LogP contribution in [0.5, 0.6) is 0 Å². The highest BCUT2D eigenvalue weighted by atomic mass is 19.1. The maximum Gasteiger partial charge on any atom is 0.271 e. The van der Waals surface area contributed by atoms with Crippen LogP contribution in [0.25, 0.3) is 11.3 Å². The van der Waals surface area contributed by atoms with E-state index in [-0.39, 0.29) is 23.7 Å². The number of nitrogens with one attached hydrogen (secondary N) is 2. The van der Waals surface area contributed by atoms with Crippen molar-refractivity contribution in [2.75, 3.05) is 13.1 Å². The van der Waals surface area contributed by atoms with Crippen LogP contribution in [0, 0.1) is 12.7 Å². The second kappa shape index (κ2) is 8.49. The summed E-state index contributed by atoms with van der Waals surface area (Å²) >= 11 is 0. The van der Waals surface area contributed by atoms with Crippen LogP contribution in [0.1, 0.15) is 39.3 Å². The molecular weight excluding hydrogens is 383 g/mol. The predicted octanol–water partition coefficient (Wildman–Crippen LogP) is 3.56. The summed E-state index contributed by atoms with van der Waals surface area (Å²) < 4.78 is 13.1. The quantitative estimate of drug-likeness (QED) is 0.695. The van der Waals surface area contributed by atoms with Crippen LogP contribution in [0.2, 0.25) is 0 Å². The normalized spacial score (nSPS) is 14.5. The number of likely N-dealkylation sites (tertiary alicyclic amines) is 1. The lowest BCUT2D eigenvalue weighted by Crippen LogP contribution is -2.46. The SMILES string of the molecule is Cc1cccc(C(=O)NC2CCN(C(=O)c3cc(-c4ccc(F)cc4)n[nH]3)CC2)c1. The van der Waals surface area contributed by atoms with Crippen molar-refractivity contribution in [2.45, 2.75) is 25.8 Å². The minimum atomic E-state index is -0.317. The number of piperidine rings is 1. The van der Waals surface area contributed by atoms with Crippen LogP contribution < -0.4 is 5.32 Å². The third-order valence-corrected chi connectivity index (χ3v) is 5.35. The van der Waals surface area contributed by atoms with Crippen LogP contribution in [0.15, 0.2) is 54.6 Å². The lowest BCUT2D eigenvalue weighted by molar-refractivity contribution is 0.0692. The van der Waals surface area contributed by atoms with E-state index in [4.69, 9.17) is 0 Å². The number of halogens is 1. The second-order valence-electron chi connectivity index (χ2n) is 7.58. The van der Waals surface area contributed by atoms with E-state index in [1.165, 1.54) is 12.1 Å². The lowest BCUT2D eigenvalue weighted by atomic mass is 10.0. The fourth-order valence-corrected chi connectivity index (χ4v) is 3.65. The summed E-state index contributed by atoms with van der Waals surface area (Å²) in [4.78, 5) is 27.0. The van der Waals surface area contributed by atoms with Gasteiger partial charge in [0.2, 0.25) is 0 Å². The monoisotopic (exact) mass is 406 g/mol. The first-order chi connectivity index (χ1) is 14.5. The number of benzene rings is 2. The highest BCUT2D eigenvalue weighted by Crippen LogP contribution is 2.20. The second-order valence-corrected chi connectivity index (χ2v) is 7.58. The molecule has 4 rings (SSSR count). The zero-order chi connectivity index (χ0) is 21.1. The number of aromatic amines is 1. The first-order valence-corrected chi connectivity index (χ1v) is 9.98. The zero-order valence-corrected chi connectivity index (χ0v) is 16.7. The molecule has 0 atom stereocenters. The van der Waals surface area contributed by atoms with Crippen molar-refractivity contribution >= 4 is 11.8 Å². The molecule has 1 saturated heterocycles. The largest absolute Gasteiger partial charge is 0.349 e. The molecule has 1 aliphatic heterocycles. The maximum atomic E-state index is 13.1. The predicted molar refractivity (Wildman–Crippen MR) is 112 cm³/mol. The van der Waals surface area contributed by atoms with Crippen molar-refractivity contribution < 1.29 is 14.0 Å². The van der Waals surface area contributed by atoms with E-state index in [1.807, 2.05) is 25.1 Å². The summed E-state index contributed by atoms with van der Waals surface area (Å²) in [5, 5.41) is 10.0. The highest BCUT2D eigenvalue weighted by molar-refractivity contribution is 5.95. The molecule has 1 aliphatic rings. The minimum absolute atomic E-state index is 0.0404. The number of carbonyl (C=O) groups excluding carboxylic acids is 2. The molecule has 2 amide bonds. The van der Waals surface area contributed by atoms with Crippen molar-refractivity contribution in [3.8, 4) is 11.3 Å². The maximum absolute atomic E-state index is 13.1. The summed E-state index contributed by atoms with van der Waals surface area (Å²) in [5.41, 5.74) is 3.43. The van der Waals surface area contributed by atoms with E-state index in [0.29, 0.717) is 42.9 Å². The number of carbonyl (C=O) groups is 2. The van der Waals surface area contributed by atoms with E-state index in [9.17, 15) is 14.0 Å². The van der Waals surface area contributed by atoms with Crippen LogP contribution in [-0.4, -0.2) is 46.0 Å². The van der Waals surface area contributed by atoms with E-state index >= 15 is 0 Å². The number of aryl methyl sites for hydroxylation is 1. The van der Waals surface area contributed by atoms with Gasteiger partial charge in [-0.2, -0.15) is 5.10 Å². The van der Waals surface area contributed by atoms with Crippen molar-refractivity contribution in [3.63, 3.8) is 0 Å². The molecule has 2 aromatic carbocycles. The Kier molecular flexibility index (Phi) is 5.61. The van der Waals surface area contributed by atoms with Gasteiger partial charge in [0, 0.05) is 30.3 Å². The molecule has 1 aromatic heterocycles. The number of H-pyrrole nitrogens is 1. The van der Waals surface area contributed by atoms with E-state index in [1.54, 1.807) is 29.2 Å². The van der Waals surface area contributed by atoms with Crippen LogP contribution in [0.4, 0.5) is 4.39 Å². The Morgan fingerprint density at radius 2 is 1.83 bits per heavy atom. The summed E-state index contributed by atoms with van der Waals surface area (Å²) in [7, 11) is 0. The molecule has 6 nitrogen and oxygen atoms in total. The summed E-state index contributed by atoms with van der Waals surface area (Å²) in [6.45, 7) is 3.07. The van der Waals surface area contributed by atoms with Gasteiger partial charge < -0.3 is 10.2 Å². The van der Waals surface area contributed by atoms with Gasteiger partial charge in [0.05, 0.1) is 5.69 Å². The summed E-state index contributed by atoms with van der Waals surface area (Å²) in [6.07, 6.45) is 1.39. The van der Waals surface area contributed by atoms with Gasteiger partial charge >= 0.3 is 0 Å². The zero-order valence-electron chi connectivity index (χ0n) is 16.7. The smallest absolute Gasteiger partial charge is 0.271 e. The van der Waals surface area contributed by atoms with Crippen molar-refractivity contribution in [3.05, 3.63) is 77.2 Å². The highest BCUT2D eigenvalue weighted by Gasteiger charge is 2.26. The van der Waals surface area contributed by atoms with Gasteiger partial charge in [0.15, 0.2) is 0 Å². The number of nitrogens with zero attached hydrogens (tertiary/aromatic N) is 2. The third kappa shape index (κ3) is 4.40. The third-order valence-electron chi connectivity index (χ3n) is 5.35. The van der Waals surface area contributed by atoms with E-state index < -0.39 is 0 Å². The molecular formula is C23H23FN4O2. The molecule has 0 spiro atoms. The van der Waals surface area contributed by atoms with Gasteiger partial charge in [-0.3, -0.25) is 14.7 Å². The van der Waals surface area contributed by atoms with Gasteiger partial charge in [0.1, 0.15) is 11.5 Å². The Bertz CT molecular complexity index is 1050. The number of amides is 2. The summed E-state index contributed by atoms with van der Waals surface area (Å²) in [6, 6.07) is 15.2. The molecule has 30 heavy (non-hydrogen) atoms. The Labute approximate surface area is 174 Å². The van der Waals surface area contributed by atoms with E-state index in [0.717, 1.165) is 11.1 Å². The molecule has 2 heterocycles. The minimum Gasteiger partial charge on any atom is -0.349 e. The molecule has 1 fully saturated rings. The number of aromatic nitrogens is 2. The van der Waals surface area contributed by atoms with Gasteiger partial charge in [-0.1, -0.05) is 17.7 Å². The molecule has 0 unspecified atom stereocenters. The van der Waals surface area contributed by atoms with Crippen molar-refractivity contribution in [1.29, 1.82) is 0 Å². The first kappa shape index (κ1) is 19.8. The average Bonchev–Trinajstić information content (AvgIpc) is 3.24. The summed E-state index contributed by atoms with van der Waals surface area (Å²) in [5.74, 6) is -0.525. The molecule has 3 aromatic rings. The fourth-order valence-electron chi connectivity index (χ4n) is 3.65. The van der Waals surface area contributed by atoms with Gasteiger partial charge in [-0.05, 0) is 62.2 Å². The van der Waals surface area contributed by atoms with Crippen LogP contribution in [-0.2, 0) is 0 Å². The Hall–Kier alpha value is -3.48. The molecule has 0 bridgehead atoms. The van der Waals surface area contributed by atoms with Crippen molar-refractivity contribution in [1.82, 2.24) is 20.4 Å². The lowest BCUT2D eigenvalue weighted by Gasteiger charge is -2.32. The van der Waals surface area contributed by atoms with Gasteiger partial charge in [-0.25, -0.2) is 4.39 Å². The van der Waals surface area contributed by atoms with Crippen LogP contribution >= 0.6 is 0 Å². The molecule has 154 valence electrons. The van der Waals surface area contributed by atoms with E-state index in [2.05, 4.69) is 15.5 Å². The van der Waals surface area contributed by atoms with Crippen molar-refractivity contribution in [2.24, 2.45) is 0 Å². The topological polar surface area (TPSA) is 78.1 Å². The first-order valence-electron chi connectivity index (χ1n) is 9.98. The Morgan fingerprint density at radius 3 is 2.53 bits per heavy atom. The Morgan fingerprint density at radius 1 is 1.10 bits per heavy atom. The van der Waals surface area contributed by atoms with Crippen LogP contribution in [0.3, 0.4) is 0 Å². The van der Waals surface area contributed by atoms with Gasteiger partial charge in [0.25, 0.3) is 11.8 Å². The molecule has 7 heteroatoms. The average molecular weight is 406 g/mol. The molecule has 2 N–H and O–H groups in total. The Balaban J connectivity index is 1.33. The molecule has 0 saturated carbocycles. The molecule has 0 radical (unpaired) electrons. The number of rotatable bonds is 4. The molecule has 0 aliphatic carbocycles. The van der Waals surface area contributed by atoms with Gasteiger partial charge in [-0.15, -0.1) is 0 Å². The number of hydrogen-bond acceptors (Lipinski definition) is 3. The number of hydrogen-bond donors (Lipinski definition) is 2.